The lowest BCUT2D eigenvalue weighted by Crippen LogP contribution is -2.28. The molecule has 2 aromatic rings. The summed E-state index contributed by atoms with van der Waals surface area (Å²) in [5.41, 5.74) is 4.17. The van der Waals surface area contributed by atoms with Crippen molar-refractivity contribution in [2.24, 2.45) is 10.9 Å². The van der Waals surface area contributed by atoms with Crippen molar-refractivity contribution in [3.8, 4) is 5.75 Å². The third-order valence-corrected chi connectivity index (χ3v) is 4.77. The summed E-state index contributed by atoms with van der Waals surface area (Å²) >= 11 is 0. The zero-order valence-electron chi connectivity index (χ0n) is 19.5. The maximum absolute atomic E-state index is 14.3. The summed E-state index contributed by atoms with van der Waals surface area (Å²) in [6.07, 6.45) is 5.13. The largest absolute Gasteiger partial charge is 0.412 e. The van der Waals surface area contributed by atoms with Crippen molar-refractivity contribution in [2.45, 2.75) is 33.4 Å². The van der Waals surface area contributed by atoms with Gasteiger partial charge in [-0.2, -0.15) is 10.9 Å². The number of aromatic nitrogens is 2. The number of anilines is 3. The van der Waals surface area contributed by atoms with Crippen molar-refractivity contribution in [3.63, 3.8) is 0 Å². The zero-order chi connectivity index (χ0) is 24.5. The Morgan fingerprint density at radius 2 is 2.09 bits per heavy atom. The number of benzene rings is 1. The predicted octanol–water partition coefficient (Wildman–Crippen LogP) is 3.36. The molecule has 0 aliphatic carbocycles. The van der Waals surface area contributed by atoms with Gasteiger partial charge in [-0.05, 0) is 50.6 Å². The number of nitrogens with two attached hydrogens (primary N) is 1. The van der Waals surface area contributed by atoms with Crippen LogP contribution in [0.25, 0.3) is 0 Å². The van der Waals surface area contributed by atoms with E-state index in [1.165, 1.54) is 0 Å². The van der Waals surface area contributed by atoms with Crippen molar-refractivity contribution in [3.05, 3.63) is 59.9 Å². The Kier molecular flexibility index (Phi) is 8.73. The van der Waals surface area contributed by atoms with Gasteiger partial charge in [0, 0.05) is 24.5 Å². The molecule has 5 N–H and O–H groups in total. The van der Waals surface area contributed by atoms with E-state index < -0.39 is 5.82 Å². The summed E-state index contributed by atoms with van der Waals surface area (Å²) < 4.78 is 14.3. The second-order valence-corrected chi connectivity index (χ2v) is 7.21. The summed E-state index contributed by atoms with van der Waals surface area (Å²) in [5.74, 6) is 6.47. The van der Waals surface area contributed by atoms with Gasteiger partial charge in [-0.15, -0.1) is 10.5 Å². The van der Waals surface area contributed by atoms with Crippen LogP contribution >= 0.6 is 0 Å². The number of hydrogen-bond donors (Lipinski definition) is 4. The van der Waals surface area contributed by atoms with Crippen LogP contribution in [0, 0.1) is 5.82 Å². The minimum Gasteiger partial charge on any atom is -0.412 e. The van der Waals surface area contributed by atoms with Crippen LogP contribution in [-0.4, -0.2) is 40.7 Å². The first-order valence-corrected chi connectivity index (χ1v) is 10.7. The van der Waals surface area contributed by atoms with E-state index in [1.54, 1.807) is 48.4 Å². The van der Waals surface area contributed by atoms with Gasteiger partial charge >= 0.3 is 0 Å². The lowest BCUT2D eigenvalue weighted by atomic mass is 10.3. The normalized spacial score (nSPS) is 16.6. The van der Waals surface area contributed by atoms with Gasteiger partial charge in [-0.1, -0.05) is 6.92 Å². The number of nitrogens with one attached hydrogen (secondary N) is 3. The molecule has 0 radical (unpaired) electrons. The van der Waals surface area contributed by atoms with Crippen LogP contribution in [0.15, 0.2) is 59.1 Å². The molecule has 0 saturated carbocycles. The fourth-order valence-electron chi connectivity index (χ4n) is 2.80. The highest BCUT2D eigenvalue weighted by atomic mass is 19.1. The Hall–Kier alpha value is -3.74. The number of rotatable bonds is 11. The van der Waals surface area contributed by atoms with Gasteiger partial charge in [0.25, 0.3) is 0 Å². The van der Waals surface area contributed by atoms with E-state index in [0.29, 0.717) is 36.1 Å². The topological polar surface area (TPSA) is 131 Å². The Morgan fingerprint density at radius 1 is 1.32 bits per heavy atom. The quantitative estimate of drug-likeness (QED) is 0.219. The standard InChI is InChI=1S/C22H29FN8O3/c1-5-15(11-17(6-2)32-24)29-22-25-12-19(23)21(30-22)28-16-7-9-18(10-8-16)33-26-13-20-27-14(3)31(4)34-20/h6-12,14,26H,5,13,24H2,1-4H3,(H2,25,28,29,30)/b15-11+,17-6+. The molecule has 3 rings (SSSR count). The SMILES string of the molecule is C/C=C(\C=C(/CC)Nc1ncc(F)c(Nc2ccc(ONCC3=NC(C)N(C)O3)cc2)n1)ON. The summed E-state index contributed by atoms with van der Waals surface area (Å²) in [7, 11) is 1.81. The van der Waals surface area contributed by atoms with Crippen molar-refractivity contribution < 1.29 is 18.9 Å². The first-order valence-electron chi connectivity index (χ1n) is 10.7. The number of hydroxylamine groups is 3. The number of halogens is 1. The fraction of sp³-hybridized carbons (Fsp3) is 0.318. The van der Waals surface area contributed by atoms with E-state index in [4.69, 9.17) is 20.4 Å². The molecule has 34 heavy (non-hydrogen) atoms. The second kappa shape index (κ2) is 11.9. The Balaban J connectivity index is 1.59. The van der Waals surface area contributed by atoms with E-state index in [2.05, 4.69) is 31.1 Å². The first kappa shape index (κ1) is 24.9. The lowest BCUT2D eigenvalue weighted by Gasteiger charge is -2.12. The summed E-state index contributed by atoms with van der Waals surface area (Å²) in [6, 6.07) is 6.92. The molecule has 1 aromatic heterocycles. The first-order chi connectivity index (χ1) is 16.4. The second-order valence-electron chi connectivity index (χ2n) is 7.21. The van der Waals surface area contributed by atoms with Gasteiger partial charge in [0.1, 0.15) is 24.2 Å². The van der Waals surface area contributed by atoms with E-state index in [1.807, 2.05) is 20.9 Å². The molecule has 11 nitrogen and oxygen atoms in total. The van der Waals surface area contributed by atoms with Crippen molar-refractivity contribution in [1.29, 1.82) is 0 Å². The molecule has 182 valence electrons. The van der Waals surface area contributed by atoms with Crippen LogP contribution in [0.2, 0.25) is 0 Å². The molecule has 1 aliphatic heterocycles. The lowest BCUT2D eigenvalue weighted by molar-refractivity contribution is -0.0535. The number of hydrogen-bond acceptors (Lipinski definition) is 11. The van der Waals surface area contributed by atoms with E-state index in [9.17, 15) is 4.39 Å². The highest BCUT2D eigenvalue weighted by Crippen LogP contribution is 2.22. The average Bonchev–Trinajstić information content (AvgIpc) is 3.16. The van der Waals surface area contributed by atoms with Gasteiger partial charge in [0.15, 0.2) is 11.6 Å². The molecule has 0 bridgehead atoms. The van der Waals surface area contributed by atoms with Crippen molar-refractivity contribution in [1.82, 2.24) is 20.5 Å². The highest BCUT2D eigenvalue weighted by Gasteiger charge is 2.20. The maximum atomic E-state index is 14.3. The average molecular weight is 473 g/mol. The van der Waals surface area contributed by atoms with E-state index in [0.717, 1.165) is 11.9 Å². The van der Waals surface area contributed by atoms with Crippen LogP contribution in [-0.2, 0) is 9.68 Å². The van der Waals surface area contributed by atoms with Crippen molar-refractivity contribution >= 4 is 23.4 Å². The Labute approximate surface area is 197 Å². The molecular weight excluding hydrogens is 443 g/mol. The molecule has 0 amide bonds. The molecule has 1 aromatic carbocycles. The molecule has 1 aliphatic rings. The fourth-order valence-corrected chi connectivity index (χ4v) is 2.80. The molecule has 1 atom stereocenters. The third-order valence-electron chi connectivity index (χ3n) is 4.77. The molecule has 0 saturated heterocycles. The molecule has 2 heterocycles. The monoisotopic (exact) mass is 472 g/mol. The number of allylic oxidation sites excluding steroid dienone is 3. The Morgan fingerprint density at radius 3 is 2.71 bits per heavy atom. The molecule has 0 fully saturated rings. The van der Waals surface area contributed by atoms with Gasteiger partial charge < -0.3 is 25.1 Å². The minimum atomic E-state index is -0.592. The summed E-state index contributed by atoms with van der Waals surface area (Å²) in [4.78, 5) is 28.2. The Bertz CT molecular complexity index is 1060. The van der Waals surface area contributed by atoms with E-state index in [-0.39, 0.29) is 17.9 Å². The molecular formula is C22H29FN8O3. The molecule has 0 spiro atoms. The predicted molar refractivity (Wildman–Crippen MR) is 127 cm³/mol. The van der Waals surface area contributed by atoms with Crippen LogP contribution < -0.4 is 26.8 Å². The van der Waals surface area contributed by atoms with Gasteiger partial charge in [-0.3, -0.25) is 0 Å². The van der Waals surface area contributed by atoms with Crippen molar-refractivity contribution in [2.75, 3.05) is 24.2 Å². The van der Waals surface area contributed by atoms with E-state index >= 15 is 0 Å². The molecule has 1 unspecified atom stereocenters. The maximum Gasteiger partial charge on any atom is 0.229 e. The van der Waals surface area contributed by atoms with Gasteiger partial charge in [0.05, 0.1) is 6.20 Å². The minimum absolute atomic E-state index is 0.0238. The number of nitrogens with zero attached hydrogens (tertiary/aromatic N) is 4. The zero-order valence-corrected chi connectivity index (χ0v) is 19.5. The number of aliphatic imine (C=N–C) groups is 1. The third kappa shape index (κ3) is 6.88. The summed E-state index contributed by atoms with van der Waals surface area (Å²) in [5, 5.41) is 7.64. The summed E-state index contributed by atoms with van der Waals surface area (Å²) in [6.45, 7) is 5.98. The van der Waals surface area contributed by atoms with Crippen LogP contribution in [0.1, 0.15) is 27.2 Å². The van der Waals surface area contributed by atoms with Gasteiger partial charge in [0.2, 0.25) is 11.8 Å². The van der Waals surface area contributed by atoms with Crippen LogP contribution in [0.5, 0.6) is 5.75 Å². The van der Waals surface area contributed by atoms with Crippen LogP contribution in [0.3, 0.4) is 0 Å². The van der Waals surface area contributed by atoms with Crippen LogP contribution in [0.4, 0.5) is 21.8 Å². The highest BCUT2D eigenvalue weighted by molar-refractivity contribution is 5.79. The smallest absolute Gasteiger partial charge is 0.229 e. The molecule has 12 heteroatoms. The van der Waals surface area contributed by atoms with Gasteiger partial charge in [-0.25, -0.2) is 14.4 Å².